The molecule has 0 radical (unpaired) electrons. The minimum absolute atomic E-state index is 0.0716. The Morgan fingerprint density at radius 1 is 1.23 bits per heavy atom. The van der Waals surface area contributed by atoms with Crippen LogP contribution in [-0.2, 0) is 20.2 Å². The molecule has 1 saturated carbocycles. The zero-order valence-electron chi connectivity index (χ0n) is 14.8. The molecule has 2 aromatic rings. The summed E-state index contributed by atoms with van der Waals surface area (Å²) in [7, 11) is -0.666. The van der Waals surface area contributed by atoms with E-state index in [4.69, 9.17) is 10.3 Å². The number of carbonyl (C=O) groups excluding carboxylic acids is 1. The van der Waals surface area contributed by atoms with Crippen LogP contribution in [0, 0.1) is 0 Å². The van der Waals surface area contributed by atoms with Gasteiger partial charge in [-0.1, -0.05) is 18.0 Å². The molecule has 26 heavy (non-hydrogen) atoms. The van der Waals surface area contributed by atoms with Crippen LogP contribution in [-0.4, -0.2) is 49.2 Å². The number of amides is 1. The summed E-state index contributed by atoms with van der Waals surface area (Å²) in [5.41, 5.74) is 6.38. The van der Waals surface area contributed by atoms with E-state index in [2.05, 4.69) is 10.1 Å². The molecule has 1 heterocycles. The van der Waals surface area contributed by atoms with Gasteiger partial charge in [0.15, 0.2) is 15.7 Å². The molecule has 0 unspecified atom stereocenters. The highest BCUT2D eigenvalue weighted by molar-refractivity contribution is 7.92. The number of carbonyl (C=O) groups is 1. The van der Waals surface area contributed by atoms with Crippen LogP contribution in [0.4, 0.5) is 0 Å². The lowest BCUT2D eigenvalue weighted by atomic mass is 9.99. The van der Waals surface area contributed by atoms with Crippen molar-refractivity contribution in [1.82, 2.24) is 15.0 Å². The quantitative estimate of drug-likeness (QED) is 0.833. The fraction of sp³-hybridized carbons (Fsp3) is 0.471. The lowest BCUT2D eigenvalue weighted by Crippen LogP contribution is -2.34. The number of sulfone groups is 1. The van der Waals surface area contributed by atoms with Gasteiger partial charge in [-0.25, -0.2) is 8.42 Å². The molecule has 1 amide bonds. The lowest BCUT2D eigenvalue weighted by Gasteiger charge is -2.17. The summed E-state index contributed by atoms with van der Waals surface area (Å²) in [6.45, 7) is 0. The Bertz CT molecular complexity index is 897. The van der Waals surface area contributed by atoms with Gasteiger partial charge in [-0.05, 0) is 37.1 Å². The van der Waals surface area contributed by atoms with E-state index in [-0.39, 0.29) is 4.90 Å². The van der Waals surface area contributed by atoms with Crippen molar-refractivity contribution in [3.8, 4) is 11.5 Å². The van der Waals surface area contributed by atoms with Crippen molar-refractivity contribution >= 4 is 15.7 Å². The van der Waals surface area contributed by atoms with Crippen molar-refractivity contribution in [2.24, 2.45) is 5.73 Å². The van der Waals surface area contributed by atoms with E-state index in [1.165, 1.54) is 31.1 Å². The van der Waals surface area contributed by atoms with Crippen LogP contribution in [0.25, 0.3) is 11.5 Å². The molecule has 1 aromatic heterocycles. The highest BCUT2D eigenvalue weighted by Crippen LogP contribution is 2.35. The maximum atomic E-state index is 12.3. The Balaban J connectivity index is 1.80. The first-order valence-corrected chi connectivity index (χ1v) is 10.0. The largest absolute Gasteiger partial charge is 0.348 e. The third-order valence-electron chi connectivity index (χ3n) is 4.64. The van der Waals surface area contributed by atoms with Gasteiger partial charge in [0.2, 0.25) is 5.91 Å². The van der Waals surface area contributed by atoms with Gasteiger partial charge < -0.3 is 15.2 Å². The van der Waals surface area contributed by atoms with Crippen LogP contribution in [0.2, 0.25) is 0 Å². The summed E-state index contributed by atoms with van der Waals surface area (Å²) in [6.07, 6.45) is 3.73. The van der Waals surface area contributed by atoms with Crippen LogP contribution in [0.1, 0.15) is 31.5 Å². The summed E-state index contributed by atoms with van der Waals surface area (Å²) < 4.78 is 29.9. The van der Waals surface area contributed by atoms with E-state index in [1.807, 2.05) is 0 Å². The summed E-state index contributed by atoms with van der Waals surface area (Å²) in [4.78, 5) is 17.4. The monoisotopic (exact) mass is 378 g/mol. The van der Waals surface area contributed by atoms with Crippen molar-refractivity contribution in [2.75, 3.05) is 19.8 Å². The van der Waals surface area contributed by atoms with Crippen molar-refractivity contribution in [1.29, 1.82) is 0 Å². The highest BCUT2D eigenvalue weighted by Gasteiger charge is 2.36. The fourth-order valence-electron chi connectivity index (χ4n) is 2.95. The zero-order chi connectivity index (χ0) is 18.9. The summed E-state index contributed by atoms with van der Waals surface area (Å²) >= 11 is 0. The molecular formula is C17H22N4O4S. The Hall–Kier alpha value is -2.26. The van der Waals surface area contributed by atoms with Gasteiger partial charge in [-0.15, -0.1) is 0 Å². The number of benzene rings is 1. The van der Waals surface area contributed by atoms with Crippen molar-refractivity contribution in [3.05, 3.63) is 30.1 Å². The van der Waals surface area contributed by atoms with Crippen LogP contribution in [0.15, 0.2) is 33.7 Å². The number of aromatic nitrogens is 2. The highest BCUT2D eigenvalue weighted by atomic mass is 32.2. The molecule has 0 aliphatic heterocycles. The molecule has 140 valence electrons. The van der Waals surface area contributed by atoms with Crippen LogP contribution in [0.3, 0.4) is 0 Å². The Morgan fingerprint density at radius 3 is 2.42 bits per heavy atom. The van der Waals surface area contributed by atoms with Crippen molar-refractivity contribution in [3.63, 3.8) is 0 Å². The third-order valence-corrected chi connectivity index (χ3v) is 6.26. The summed E-state index contributed by atoms with van der Waals surface area (Å²) in [5, 5.41) is 4.00. The van der Waals surface area contributed by atoms with Gasteiger partial charge in [0.1, 0.15) is 5.75 Å². The first-order valence-electron chi connectivity index (χ1n) is 8.38. The molecule has 8 nitrogen and oxygen atoms in total. The molecule has 0 bridgehead atoms. The molecule has 0 atom stereocenters. The first-order chi connectivity index (χ1) is 12.2. The van der Waals surface area contributed by atoms with E-state index >= 15 is 0 Å². The molecule has 0 saturated heterocycles. The van der Waals surface area contributed by atoms with Gasteiger partial charge in [-0.2, -0.15) is 4.98 Å². The SMILES string of the molecule is CN(C)C(=O)CS(=O)(=O)c1ccc(-c2nc(C3(N)CCCC3)no2)cc1. The summed E-state index contributed by atoms with van der Waals surface area (Å²) in [6, 6.07) is 6.04. The molecule has 1 aromatic carbocycles. The molecule has 0 spiro atoms. The molecule has 9 heteroatoms. The Labute approximate surface area is 152 Å². The minimum atomic E-state index is -3.70. The van der Waals surface area contributed by atoms with E-state index < -0.39 is 27.0 Å². The maximum Gasteiger partial charge on any atom is 0.257 e. The van der Waals surface area contributed by atoms with Gasteiger partial charge in [0.05, 0.1) is 10.4 Å². The number of nitrogens with zero attached hydrogens (tertiary/aromatic N) is 3. The number of nitrogens with two attached hydrogens (primary N) is 1. The smallest absolute Gasteiger partial charge is 0.257 e. The van der Waals surface area contributed by atoms with Crippen LogP contribution >= 0.6 is 0 Å². The van der Waals surface area contributed by atoms with E-state index in [9.17, 15) is 13.2 Å². The molecule has 3 rings (SSSR count). The van der Waals surface area contributed by atoms with Crippen molar-refractivity contribution in [2.45, 2.75) is 36.1 Å². The van der Waals surface area contributed by atoms with Gasteiger partial charge in [0, 0.05) is 19.7 Å². The number of hydrogen-bond donors (Lipinski definition) is 1. The molecule has 1 aliphatic rings. The van der Waals surface area contributed by atoms with E-state index in [1.54, 1.807) is 12.1 Å². The normalized spacial score (nSPS) is 16.6. The molecule has 1 fully saturated rings. The number of hydrogen-bond acceptors (Lipinski definition) is 7. The zero-order valence-corrected chi connectivity index (χ0v) is 15.6. The average Bonchev–Trinajstić information content (AvgIpc) is 3.24. The fourth-order valence-corrected chi connectivity index (χ4v) is 4.25. The second-order valence-corrected chi connectivity index (χ2v) is 8.85. The lowest BCUT2D eigenvalue weighted by molar-refractivity contribution is -0.125. The van der Waals surface area contributed by atoms with E-state index in [0.717, 1.165) is 25.7 Å². The molecule has 1 aliphatic carbocycles. The summed E-state index contributed by atoms with van der Waals surface area (Å²) in [5.74, 6) is -0.261. The van der Waals surface area contributed by atoms with E-state index in [0.29, 0.717) is 17.3 Å². The number of rotatable bonds is 5. The Morgan fingerprint density at radius 2 is 1.85 bits per heavy atom. The third kappa shape index (κ3) is 3.63. The van der Waals surface area contributed by atoms with Gasteiger partial charge >= 0.3 is 0 Å². The van der Waals surface area contributed by atoms with Crippen LogP contribution < -0.4 is 5.73 Å². The van der Waals surface area contributed by atoms with Crippen LogP contribution in [0.5, 0.6) is 0 Å². The van der Waals surface area contributed by atoms with Gasteiger partial charge in [-0.3, -0.25) is 4.79 Å². The molecular weight excluding hydrogens is 356 g/mol. The standard InChI is InChI=1S/C17H22N4O4S/c1-21(2)14(22)11-26(23,24)13-7-5-12(6-8-13)15-19-16(20-25-15)17(18)9-3-4-10-17/h5-8H,3-4,9-11,18H2,1-2H3. The Kier molecular flexibility index (Phi) is 4.85. The average molecular weight is 378 g/mol. The second-order valence-electron chi connectivity index (χ2n) is 6.86. The van der Waals surface area contributed by atoms with Crippen molar-refractivity contribution < 1.29 is 17.7 Å². The van der Waals surface area contributed by atoms with Gasteiger partial charge in [0.25, 0.3) is 5.89 Å². The minimum Gasteiger partial charge on any atom is -0.348 e. The topological polar surface area (TPSA) is 119 Å². The predicted octanol–water partition coefficient (Wildman–Crippen LogP) is 1.33. The first kappa shape index (κ1) is 18.5. The predicted molar refractivity (Wildman–Crippen MR) is 94.8 cm³/mol. The second kappa shape index (κ2) is 6.81. The molecule has 2 N–H and O–H groups in total. The maximum absolute atomic E-state index is 12.3.